The Balaban J connectivity index is 2.13. The summed E-state index contributed by atoms with van der Waals surface area (Å²) >= 11 is 6.56. The summed E-state index contributed by atoms with van der Waals surface area (Å²) in [6.45, 7) is 9.90. The molecular formula is C23H26ClN3O2. The fourth-order valence-corrected chi connectivity index (χ4v) is 4.28. The first kappa shape index (κ1) is 21.1. The van der Waals surface area contributed by atoms with E-state index >= 15 is 0 Å². The van der Waals surface area contributed by atoms with Gasteiger partial charge >= 0.3 is 0 Å². The molecule has 29 heavy (non-hydrogen) atoms. The molecule has 2 aromatic rings. The molecule has 1 aromatic heterocycles. The van der Waals surface area contributed by atoms with Crippen LogP contribution < -0.4 is 11.1 Å². The molecule has 2 heterocycles. The van der Waals surface area contributed by atoms with Crippen LogP contribution in [0, 0.1) is 6.92 Å². The SMILES string of the molecule is Cc1cc(C(C)(C)C)c(Cl)cc1C1=CC(=O)C(c2cccnc2)C(C)(C(N)=O)N1. The highest BCUT2D eigenvalue weighted by Gasteiger charge is 2.47. The van der Waals surface area contributed by atoms with Gasteiger partial charge in [-0.25, -0.2) is 0 Å². The number of nitrogens with one attached hydrogen (secondary N) is 1. The van der Waals surface area contributed by atoms with Crippen molar-refractivity contribution in [3.8, 4) is 0 Å². The van der Waals surface area contributed by atoms with E-state index in [0.29, 0.717) is 16.3 Å². The molecule has 6 heteroatoms. The number of carbonyl (C=O) groups excluding carboxylic acids is 2. The zero-order valence-electron chi connectivity index (χ0n) is 17.3. The lowest BCUT2D eigenvalue weighted by Gasteiger charge is -2.39. The van der Waals surface area contributed by atoms with E-state index in [9.17, 15) is 9.59 Å². The standard InChI is InChI=1S/C23H26ClN3O2/c1-13-9-16(22(2,3)4)17(24)10-15(13)18-11-19(28)20(14-7-6-8-26-12-14)23(5,27-18)21(25)29/h6-12,20,27H,1-5H3,(H2,25,29). The molecule has 1 aliphatic heterocycles. The monoisotopic (exact) mass is 411 g/mol. The fourth-order valence-electron chi connectivity index (χ4n) is 3.84. The molecule has 0 spiro atoms. The van der Waals surface area contributed by atoms with Crippen molar-refractivity contribution in [3.63, 3.8) is 0 Å². The van der Waals surface area contributed by atoms with Gasteiger partial charge in [-0.1, -0.05) is 44.5 Å². The van der Waals surface area contributed by atoms with E-state index in [-0.39, 0.29) is 11.2 Å². The topological polar surface area (TPSA) is 85.1 Å². The number of pyridine rings is 1. The lowest BCUT2D eigenvalue weighted by molar-refractivity contribution is -0.129. The molecule has 0 saturated carbocycles. The second-order valence-electron chi connectivity index (χ2n) is 8.77. The molecule has 1 aliphatic rings. The quantitative estimate of drug-likeness (QED) is 0.802. The van der Waals surface area contributed by atoms with Crippen LogP contribution in [0.4, 0.5) is 0 Å². The van der Waals surface area contributed by atoms with Crippen molar-refractivity contribution < 1.29 is 9.59 Å². The minimum Gasteiger partial charge on any atom is -0.370 e. The van der Waals surface area contributed by atoms with Crippen LogP contribution in [0.5, 0.6) is 0 Å². The average Bonchev–Trinajstić information content (AvgIpc) is 2.62. The Hall–Kier alpha value is -2.66. The summed E-state index contributed by atoms with van der Waals surface area (Å²) in [6.07, 6.45) is 4.73. The third kappa shape index (κ3) is 3.79. The predicted octanol–water partition coefficient (Wildman–Crippen LogP) is 3.88. The molecule has 152 valence electrons. The van der Waals surface area contributed by atoms with Gasteiger partial charge in [-0.05, 0) is 48.1 Å². The Morgan fingerprint density at radius 3 is 2.55 bits per heavy atom. The summed E-state index contributed by atoms with van der Waals surface area (Å²) in [4.78, 5) is 29.7. The number of aromatic nitrogens is 1. The van der Waals surface area contributed by atoms with Crippen molar-refractivity contribution in [2.45, 2.75) is 51.5 Å². The molecular weight excluding hydrogens is 386 g/mol. The largest absolute Gasteiger partial charge is 0.370 e. The van der Waals surface area contributed by atoms with Gasteiger partial charge in [-0.2, -0.15) is 0 Å². The van der Waals surface area contributed by atoms with Crippen LogP contribution in [0.3, 0.4) is 0 Å². The van der Waals surface area contributed by atoms with Crippen LogP contribution >= 0.6 is 11.6 Å². The number of carbonyl (C=O) groups is 2. The van der Waals surface area contributed by atoms with Gasteiger partial charge in [0.15, 0.2) is 5.78 Å². The predicted molar refractivity (Wildman–Crippen MR) is 116 cm³/mol. The molecule has 1 amide bonds. The lowest BCUT2D eigenvalue weighted by atomic mass is 9.74. The smallest absolute Gasteiger partial charge is 0.243 e. The van der Waals surface area contributed by atoms with E-state index in [1.165, 1.54) is 6.08 Å². The molecule has 3 N–H and O–H groups in total. The van der Waals surface area contributed by atoms with Crippen LogP contribution in [0.25, 0.3) is 5.70 Å². The van der Waals surface area contributed by atoms with Crippen molar-refractivity contribution in [2.24, 2.45) is 5.73 Å². The summed E-state index contributed by atoms with van der Waals surface area (Å²) in [5.41, 5.74) is 8.27. The van der Waals surface area contributed by atoms with Gasteiger partial charge in [0.2, 0.25) is 5.91 Å². The molecule has 2 atom stereocenters. The van der Waals surface area contributed by atoms with Crippen LogP contribution in [0.2, 0.25) is 5.02 Å². The van der Waals surface area contributed by atoms with Crippen molar-refractivity contribution in [2.75, 3.05) is 0 Å². The number of ketones is 1. The highest BCUT2D eigenvalue weighted by molar-refractivity contribution is 6.31. The fraction of sp³-hybridized carbons (Fsp3) is 0.348. The molecule has 1 aromatic carbocycles. The maximum atomic E-state index is 13.1. The summed E-state index contributed by atoms with van der Waals surface area (Å²) in [5.74, 6) is -1.58. The van der Waals surface area contributed by atoms with Crippen molar-refractivity contribution in [1.82, 2.24) is 10.3 Å². The second-order valence-corrected chi connectivity index (χ2v) is 9.18. The van der Waals surface area contributed by atoms with E-state index in [4.69, 9.17) is 17.3 Å². The first-order valence-electron chi connectivity index (χ1n) is 9.49. The van der Waals surface area contributed by atoms with Gasteiger partial charge < -0.3 is 11.1 Å². The van der Waals surface area contributed by atoms with Crippen molar-refractivity contribution >= 4 is 29.0 Å². The Kier molecular flexibility index (Phi) is 5.30. The number of nitrogens with two attached hydrogens (primary N) is 1. The van der Waals surface area contributed by atoms with Crippen LogP contribution in [0.1, 0.15) is 55.9 Å². The summed E-state index contributed by atoms with van der Waals surface area (Å²) in [5, 5.41) is 3.84. The third-order valence-corrected chi connectivity index (χ3v) is 5.80. The number of hydrogen-bond acceptors (Lipinski definition) is 4. The van der Waals surface area contributed by atoms with Crippen LogP contribution in [0.15, 0.2) is 42.7 Å². The average molecular weight is 412 g/mol. The molecule has 5 nitrogen and oxygen atoms in total. The number of nitrogens with zero attached hydrogens (tertiary/aromatic N) is 1. The number of primary amides is 1. The Bertz CT molecular complexity index is 1010. The minimum absolute atomic E-state index is 0.113. The summed E-state index contributed by atoms with van der Waals surface area (Å²) in [6, 6.07) is 7.38. The van der Waals surface area contributed by atoms with Crippen LogP contribution in [-0.2, 0) is 15.0 Å². The Labute approximate surface area is 176 Å². The van der Waals surface area contributed by atoms with E-state index in [1.54, 1.807) is 31.5 Å². The molecule has 3 rings (SSSR count). The number of hydrogen-bond donors (Lipinski definition) is 2. The van der Waals surface area contributed by atoms with Gasteiger partial charge in [0, 0.05) is 34.8 Å². The van der Waals surface area contributed by atoms with E-state index in [2.05, 4.69) is 31.1 Å². The molecule has 0 bridgehead atoms. The third-order valence-electron chi connectivity index (χ3n) is 5.48. The molecule has 0 radical (unpaired) electrons. The van der Waals surface area contributed by atoms with Crippen molar-refractivity contribution in [3.05, 3.63) is 70.0 Å². The molecule has 0 saturated heterocycles. The Morgan fingerprint density at radius 1 is 1.31 bits per heavy atom. The highest BCUT2D eigenvalue weighted by atomic mass is 35.5. The number of allylic oxidation sites excluding steroid dienone is 1. The molecule has 0 aliphatic carbocycles. The first-order valence-corrected chi connectivity index (χ1v) is 9.87. The van der Waals surface area contributed by atoms with Gasteiger partial charge in [0.25, 0.3) is 0 Å². The summed E-state index contributed by atoms with van der Waals surface area (Å²) in [7, 11) is 0. The molecule has 2 unspecified atom stereocenters. The minimum atomic E-state index is -1.30. The number of amides is 1. The molecule has 0 fully saturated rings. The van der Waals surface area contributed by atoms with E-state index in [0.717, 1.165) is 16.7 Å². The number of aryl methyl sites for hydroxylation is 1. The van der Waals surface area contributed by atoms with Crippen LogP contribution in [-0.4, -0.2) is 22.2 Å². The highest BCUT2D eigenvalue weighted by Crippen LogP contribution is 2.38. The lowest BCUT2D eigenvalue weighted by Crippen LogP contribution is -2.60. The zero-order valence-corrected chi connectivity index (χ0v) is 18.1. The zero-order chi connectivity index (χ0) is 21.6. The number of halogens is 1. The van der Waals surface area contributed by atoms with Gasteiger partial charge in [0.1, 0.15) is 5.54 Å². The number of rotatable bonds is 3. The van der Waals surface area contributed by atoms with Gasteiger partial charge in [-0.3, -0.25) is 14.6 Å². The maximum Gasteiger partial charge on any atom is 0.243 e. The van der Waals surface area contributed by atoms with Crippen molar-refractivity contribution in [1.29, 1.82) is 0 Å². The normalized spacial score (nSPS) is 22.1. The Morgan fingerprint density at radius 2 is 2.00 bits per heavy atom. The first-order chi connectivity index (χ1) is 13.4. The maximum absolute atomic E-state index is 13.1. The summed E-state index contributed by atoms with van der Waals surface area (Å²) < 4.78 is 0. The van der Waals surface area contributed by atoms with Gasteiger partial charge in [-0.15, -0.1) is 0 Å². The second kappa shape index (κ2) is 7.30. The van der Waals surface area contributed by atoms with E-state index in [1.807, 2.05) is 19.1 Å². The number of benzene rings is 1. The van der Waals surface area contributed by atoms with Gasteiger partial charge in [0.05, 0.1) is 5.92 Å². The van der Waals surface area contributed by atoms with E-state index < -0.39 is 17.4 Å².